The number of hydrogen-bond donors (Lipinski definition) is 1. The quantitative estimate of drug-likeness (QED) is 0.582. The Morgan fingerprint density at radius 2 is 1.76 bits per heavy atom. The average molecular weight is 395 g/mol. The topological polar surface area (TPSA) is 104 Å². The molecule has 3 rings (SSSR count). The van der Waals surface area contributed by atoms with E-state index in [1.54, 1.807) is 48.5 Å². The van der Waals surface area contributed by atoms with Gasteiger partial charge in [0, 0.05) is 17.7 Å². The second-order valence-corrected chi connectivity index (χ2v) is 6.18. The molecule has 0 fully saturated rings. The molecule has 8 heteroatoms. The molecule has 0 aliphatic carbocycles. The summed E-state index contributed by atoms with van der Waals surface area (Å²) in [5, 5.41) is 10.7. The molecule has 0 bridgehead atoms. The van der Waals surface area contributed by atoms with Crippen molar-refractivity contribution in [2.75, 3.05) is 19.0 Å². The molecule has 2 aromatic carbocycles. The van der Waals surface area contributed by atoms with Crippen molar-refractivity contribution in [3.63, 3.8) is 0 Å². The van der Waals surface area contributed by atoms with Gasteiger partial charge in [0.2, 0.25) is 11.8 Å². The third-order valence-corrected chi connectivity index (χ3v) is 3.99. The minimum Gasteiger partial charge on any atom is -0.484 e. The number of anilines is 1. The monoisotopic (exact) mass is 395 g/mol. The maximum atomic E-state index is 12.1. The van der Waals surface area contributed by atoms with Crippen molar-refractivity contribution in [3.8, 4) is 17.2 Å². The van der Waals surface area contributed by atoms with E-state index < -0.39 is 5.97 Å². The number of hydrogen-bond acceptors (Lipinski definition) is 7. The highest BCUT2D eigenvalue weighted by Gasteiger charge is 2.09. The maximum Gasteiger partial charge on any atom is 0.337 e. The van der Waals surface area contributed by atoms with Gasteiger partial charge in [-0.05, 0) is 55.0 Å². The van der Waals surface area contributed by atoms with Crippen molar-refractivity contribution in [2.24, 2.45) is 0 Å². The highest BCUT2D eigenvalue weighted by Crippen LogP contribution is 2.21. The highest BCUT2D eigenvalue weighted by atomic mass is 16.5. The fourth-order valence-corrected chi connectivity index (χ4v) is 2.53. The summed E-state index contributed by atoms with van der Waals surface area (Å²) in [6.07, 6.45) is 1.68. The number of benzene rings is 2. The number of nitrogens with one attached hydrogen (secondary N) is 1. The van der Waals surface area contributed by atoms with E-state index in [1.165, 1.54) is 7.11 Å². The van der Waals surface area contributed by atoms with Crippen LogP contribution >= 0.6 is 0 Å². The maximum absolute atomic E-state index is 12.1. The van der Waals surface area contributed by atoms with Crippen LogP contribution in [0.15, 0.2) is 52.9 Å². The molecule has 0 radical (unpaired) electrons. The molecule has 8 nitrogen and oxygen atoms in total. The predicted octanol–water partition coefficient (Wildman–Crippen LogP) is 3.49. The molecule has 0 aliphatic rings. The van der Waals surface area contributed by atoms with Crippen LogP contribution in [0.25, 0.3) is 11.5 Å². The van der Waals surface area contributed by atoms with Crippen molar-refractivity contribution in [3.05, 3.63) is 60.0 Å². The van der Waals surface area contributed by atoms with Crippen molar-refractivity contribution >= 4 is 17.6 Å². The third kappa shape index (κ3) is 5.41. The number of aryl methyl sites for hydroxylation is 1. The minimum atomic E-state index is -0.434. The number of aromatic nitrogens is 2. The Bertz CT molecular complexity index is 965. The minimum absolute atomic E-state index is 0.153. The van der Waals surface area contributed by atoms with Crippen LogP contribution in [0.5, 0.6) is 5.75 Å². The van der Waals surface area contributed by atoms with Gasteiger partial charge in [0.05, 0.1) is 12.7 Å². The average Bonchev–Trinajstić information content (AvgIpc) is 3.21. The SMILES string of the molecule is CCCc1nnc(-c2ccc(OCC(=O)Nc3ccc(C(=O)OC)cc3)cc2)o1. The molecule has 0 aliphatic heterocycles. The van der Waals surface area contributed by atoms with Gasteiger partial charge in [-0.3, -0.25) is 4.79 Å². The molecule has 0 spiro atoms. The molecule has 3 aromatic rings. The summed E-state index contributed by atoms with van der Waals surface area (Å²) < 4.78 is 15.7. The van der Waals surface area contributed by atoms with Crippen molar-refractivity contribution in [1.29, 1.82) is 0 Å². The number of carbonyl (C=O) groups is 2. The molecule has 0 unspecified atom stereocenters. The molecule has 0 atom stereocenters. The largest absolute Gasteiger partial charge is 0.484 e. The number of amides is 1. The molecule has 1 heterocycles. The number of esters is 1. The zero-order chi connectivity index (χ0) is 20.6. The Morgan fingerprint density at radius 1 is 1.03 bits per heavy atom. The van der Waals surface area contributed by atoms with Crippen LogP contribution in [0, 0.1) is 0 Å². The molecule has 1 amide bonds. The normalized spacial score (nSPS) is 10.4. The Balaban J connectivity index is 1.51. The van der Waals surface area contributed by atoms with E-state index in [0.717, 1.165) is 18.4 Å². The summed E-state index contributed by atoms with van der Waals surface area (Å²) in [5.41, 5.74) is 1.74. The molecule has 29 heavy (non-hydrogen) atoms. The lowest BCUT2D eigenvalue weighted by molar-refractivity contribution is -0.118. The van der Waals surface area contributed by atoms with Crippen LogP contribution in [0.3, 0.4) is 0 Å². The molecule has 1 N–H and O–H groups in total. The predicted molar refractivity (Wildman–Crippen MR) is 106 cm³/mol. The Kier molecular flexibility index (Phi) is 6.57. The summed E-state index contributed by atoms with van der Waals surface area (Å²) >= 11 is 0. The first-order valence-corrected chi connectivity index (χ1v) is 9.13. The van der Waals surface area contributed by atoms with E-state index in [9.17, 15) is 9.59 Å². The number of ether oxygens (including phenoxy) is 2. The smallest absolute Gasteiger partial charge is 0.337 e. The van der Waals surface area contributed by atoms with Gasteiger partial charge in [-0.15, -0.1) is 10.2 Å². The summed E-state index contributed by atoms with van der Waals surface area (Å²) in [5.74, 6) is 0.850. The van der Waals surface area contributed by atoms with Gasteiger partial charge < -0.3 is 19.2 Å². The fraction of sp³-hybridized carbons (Fsp3) is 0.238. The number of methoxy groups -OCH3 is 1. The second kappa shape index (κ2) is 9.50. The van der Waals surface area contributed by atoms with Gasteiger partial charge in [0.25, 0.3) is 5.91 Å². The van der Waals surface area contributed by atoms with Crippen LogP contribution in [-0.4, -0.2) is 35.8 Å². The number of nitrogens with zero attached hydrogens (tertiary/aromatic N) is 2. The fourth-order valence-electron chi connectivity index (χ4n) is 2.53. The van der Waals surface area contributed by atoms with Crippen LogP contribution in [0.1, 0.15) is 29.6 Å². The zero-order valence-electron chi connectivity index (χ0n) is 16.2. The van der Waals surface area contributed by atoms with E-state index >= 15 is 0 Å². The summed E-state index contributed by atoms with van der Waals surface area (Å²) in [6.45, 7) is 1.89. The lowest BCUT2D eigenvalue weighted by atomic mass is 10.2. The van der Waals surface area contributed by atoms with Gasteiger partial charge in [-0.25, -0.2) is 4.79 Å². The lowest BCUT2D eigenvalue weighted by Crippen LogP contribution is -2.20. The zero-order valence-corrected chi connectivity index (χ0v) is 16.2. The van der Waals surface area contributed by atoms with Gasteiger partial charge in [0.15, 0.2) is 6.61 Å². The Labute approximate surface area is 167 Å². The van der Waals surface area contributed by atoms with Gasteiger partial charge in [-0.1, -0.05) is 6.92 Å². The van der Waals surface area contributed by atoms with Gasteiger partial charge in [0.1, 0.15) is 5.75 Å². The Hall–Kier alpha value is -3.68. The van der Waals surface area contributed by atoms with Crippen LogP contribution in [-0.2, 0) is 16.0 Å². The van der Waals surface area contributed by atoms with E-state index in [0.29, 0.717) is 28.8 Å². The first-order valence-electron chi connectivity index (χ1n) is 9.13. The molecule has 0 saturated carbocycles. The van der Waals surface area contributed by atoms with E-state index in [4.69, 9.17) is 9.15 Å². The first kappa shape index (κ1) is 20.1. The number of carbonyl (C=O) groups excluding carboxylic acids is 2. The third-order valence-electron chi connectivity index (χ3n) is 3.99. The van der Waals surface area contributed by atoms with Crippen molar-refractivity contribution < 1.29 is 23.5 Å². The van der Waals surface area contributed by atoms with Crippen LogP contribution in [0.2, 0.25) is 0 Å². The first-order chi connectivity index (χ1) is 14.1. The summed E-state index contributed by atoms with van der Waals surface area (Å²) in [7, 11) is 1.31. The summed E-state index contributed by atoms with van der Waals surface area (Å²) in [6, 6.07) is 13.4. The van der Waals surface area contributed by atoms with E-state index in [2.05, 4.69) is 20.3 Å². The van der Waals surface area contributed by atoms with Gasteiger partial charge in [-0.2, -0.15) is 0 Å². The standard InChI is InChI=1S/C21H21N3O5/c1-3-4-19-23-24-20(29-19)14-7-11-17(12-8-14)28-13-18(25)22-16-9-5-15(6-10-16)21(26)27-2/h5-12H,3-4,13H2,1-2H3,(H,22,25). The van der Waals surface area contributed by atoms with Crippen LogP contribution < -0.4 is 10.1 Å². The lowest BCUT2D eigenvalue weighted by Gasteiger charge is -2.08. The Morgan fingerprint density at radius 3 is 2.41 bits per heavy atom. The highest BCUT2D eigenvalue weighted by molar-refractivity contribution is 5.93. The van der Waals surface area contributed by atoms with Gasteiger partial charge >= 0.3 is 5.97 Å². The second-order valence-electron chi connectivity index (χ2n) is 6.18. The summed E-state index contributed by atoms with van der Waals surface area (Å²) in [4.78, 5) is 23.5. The number of rotatable bonds is 8. The molecule has 150 valence electrons. The van der Waals surface area contributed by atoms with Crippen LogP contribution in [0.4, 0.5) is 5.69 Å². The molecule has 0 saturated heterocycles. The van der Waals surface area contributed by atoms with E-state index in [-0.39, 0.29) is 12.5 Å². The molecular weight excluding hydrogens is 374 g/mol. The van der Waals surface area contributed by atoms with E-state index in [1.807, 2.05) is 6.92 Å². The molecular formula is C21H21N3O5. The van der Waals surface area contributed by atoms with Crippen molar-refractivity contribution in [1.82, 2.24) is 10.2 Å². The molecule has 1 aromatic heterocycles. The van der Waals surface area contributed by atoms with Crippen molar-refractivity contribution in [2.45, 2.75) is 19.8 Å².